The summed E-state index contributed by atoms with van der Waals surface area (Å²) in [5, 5.41) is 12.6. The number of aromatic nitrogens is 1. The molecule has 1 aliphatic rings. The lowest BCUT2D eigenvalue weighted by Crippen LogP contribution is -2.30. The minimum atomic E-state index is -0.649. The smallest absolute Gasteiger partial charge is 0.310 e. The Labute approximate surface area is 119 Å². The second-order valence-electron chi connectivity index (χ2n) is 6.99. The Bertz CT molecular complexity index is 475. The highest BCUT2D eigenvalue weighted by molar-refractivity contribution is 7.09. The number of nitrogens with zero attached hydrogens (tertiary/aromatic N) is 1. The van der Waals surface area contributed by atoms with Crippen LogP contribution in [0.2, 0.25) is 0 Å². The van der Waals surface area contributed by atoms with Gasteiger partial charge in [0.25, 0.3) is 0 Å². The SMILES string of the molecule is CC1CCC(Cc2nc(C(C)(C)C)cs2)(C(=O)O)C1. The predicted molar refractivity (Wildman–Crippen MR) is 77.6 cm³/mol. The quantitative estimate of drug-likeness (QED) is 0.915. The van der Waals surface area contributed by atoms with Crippen molar-refractivity contribution < 1.29 is 9.90 Å². The third kappa shape index (κ3) is 2.99. The number of rotatable bonds is 3. The molecule has 3 nitrogen and oxygen atoms in total. The fraction of sp³-hybridized carbons (Fsp3) is 0.733. The van der Waals surface area contributed by atoms with E-state index in [1.54, 1.807) is 11.3 Å². The van der Waals surface area contributed by atoms with Crippen LogP contribution in [0.4, 0.5) is 0 Å². The summed E-state index contributed by atoms with van der Waals surface area (Å²) < 4.78 is 0. The number of thiazole rings is 1. The van der Waals surface area contributed by atoms with Crippen molar-refractivity contribution in [3.8, 4) is 0 Å². The molecule has 1 aromatic heterocycles. The zero-order valence-electron chi connectivity index (χ0n) is 12.2. The van der Waals surface area contributed by atoms with Crippen molar-refractivity contribution in [2.75, 3.05) is 0 Å². The molecule has 2 atom stereocenters. The Hall–Kier alpha value is -0.900. The average Bonchev–Trinajstić information content (AvgIpc) is 2.86. The first-order valence-corrected chi connectivity index (χ1v) is 7.79. The van der Waals surface area contributed by atoms with E-state index in [-0.39, 0.29) is 5.41 Å². The maximum atomic E-state index is 11.7. The minimum absolute atomic E-state index is 0.0358. The molecular weight excluding hydrogens is 258 g/mol. The molecule has 106 valence electrons. The van der Waals surface area contributed by atoms with E-state index < -0.39 is 11.4 Å². The van der Waals surface area contributed by atoms with Gasteiger partial charge in [-0.05, 0) is 25.2 Å². The molecule has 0 amide bonds. The lowest BCUT2D eigenvalue weighted by atomic mass is 9.82. The van der Waals surface area contributed by atoms with Crippen LogP contribution in [0.5, 0.6) is 0 Å². The molecule has 19 heavy (non-hydrogen) atoms. The second kappa shape index (κ2) is 4.89. The lowest BCUT2D eigenvalue weighted by molar-refractivity contribution is -0.148. The van der Waals surface area contributed by atoms with Crippen LogP contribution in [0.15, 0.2) is 5.38 Å². The normalized spacial score (nSPS) is 27.7. The van der Waals surface area contributed by atoms with E-state index in [0.29, 0.717) is 12.3 Å². The van der Waals surface area contributed by atoms with Crippen LogP contribution in [0, 0.1) is 11.3 Å². The van der Waals surface area contributed by atoms with Crippen LogP contribution in [0.1, 0.15) is 57.7 Å². The van der Waals surface area contributed by atoms with Crippen molar-refractivity contribution in [1.82, 2.24) is 4.98 Å². The molecule has 1 fully saturated rings. The van der Waals surface area contributed by atoms with Gasteiger partial charge in [-0.1, -0.05) is 27.7 Å². The Morgan fingerprint density at radius 2 is 2.26 bits per heavy atom. The molecule has 1 aliphatic carbocycles. The van der Waals surface area contributed by atoms with E-state index in [2.05, 4.69) is 38.1 Å². The van der Waals surface area contributed by atoms with Crippen molar-refractivity contribution in [3.05, 3.63) is 16.1 Å². The average molecular weight is 281 g/mol. The van der Waals surface area contributed by atoms with Gasteiger partial charge < -0.3 is 5.11 Å². The van der Waals surface area contributed by atoms with Crippen LogP contribution in [0.3, 0.4) is 0 Å². The zero-order chi connectivity index (χ0) is 14.3. The van der Waals surface area contributed by atoms with Gasteiger partial charge in [-0.2, -0.15) is 0 Å². The van der Waals surface area contributed by atoms with E-state index in [4.69, 9.17) is 0 Å². The van der Waals surface area contributed by atoms with Crippen LogP contribution in [-0.2, 0) is 16.6 Å². The van der Waals surface area contributed by atoms with Crippen LogP contribution < -0.4 is 0 Å². The minimum Gasteiger partial charge on any atom is -0.481 e. The van der Waals surface area contributed by atoms with Gasteiger partial charge in [0, 0.05) is 17.2 Å². The molecule has 1 aromatic rings. The summed E-state index contributed by atoms with van der Waals surface area (Å²) in [7, 11) is 0. The standard InChI is InChI=1S/C15H23NO2S/c1-10-5-6-15(7-10,13(17)18)8-12-16-11(9-19-12)14(2,3)4/h9-10H,5-8H2,1-4H3,(H,17,18). The lowest BCUT2D eigenvalue weighted by Gasteiger charge is -2.23. The Morgan fingerprint density at radius 1 is 1.58 bits per heavy atom. The predicted octanol–water partition coefficient (Wildman–Crippen LogP) is 3.87. The number of hydrogen-bond acceptors (Lipinski definition) is 3. The summed E-state index contributed by atoms with van der Waals surface area (Å²) in [4.78, 5) is 16.3. The van der Waals surface area contributed by atoms with Crippen LogP contribution in [-0.4, -0.2) is 16.1 Å². The Kier molecular flexibility index (Phi) is 3.74. The molecule has 1 saturated carbocycles. The maximum absolute atomic E-state index is 11.7. The molecule has 0 aliphatic heterocycles. The van der Waals surface area contributed by atoms with E-state index in [9.17, 15) is 9.90 Å². The van der Waals surface area contributed by atoms with Gasteiger partial charge in [-0.15, -0.1) is 11.3 Å². The number of carbonyl (C=O) groups is 1. The molecular formula is C15H23NO2S. The summed E-state index contributed by atoms with van der Waals surface area (Å²) in [5.74, 6) is -0.137. The summed E-state index contributed by atoms with van der Waals surface area (Å²) in [6.07, 6.45) is 3.18. The summed E-state index contributed by atoms with van der Waals surface area (Å²) in [6.45, 7) is 8.55. The molecule has 0 radical (unpaired) electrons. The monoisotopic (exact) mass is 281 g/mol. The van der Waals surface area contributed by atoms with Crippen LogP contribution in [0.25, 0.3) is 0 Å². The fourth-order valence-electron chi connectivity index (χ4n) is 2.85. The third-order valence-corrected chi connectivity index (χ3v) is 4.97. The first-order valence-electron chi connectivity index (χ1n) is 6.91. The van der Waals surface area contributed by atoms with Gasteiger partial charge in [0.15, 0.2) is 0 Å². The van der Waals surface area contributed by atoms with Gasteiger partial charge in [-0.25, -0.2) is 4.98 Å². The largest absolute Gasteiger partial charge is 0.481 e. The third-order valence-electron chi connectivity index (χ3n) is 4.12. The van der Waals surface area contributed by atoms with E-state index in [1.165, 1.54) is 0 Å². The van der Waals surface area contributed by atoms with E-state index in [1.807, 2.05) is 0 Å². The van der Waals surface area contributed by atoms with Gasteiger partial charge in [0.1, 0.15) is 0 Å². The highest BCUT2D eigenvalue weighted by Gasteiger charge is 2.44. The first-order chi connectivity index (χ1) is 8.73. The summed E-state index contributed by atoms with van der Waals surface area (Å²) in [6, 6.07) is 0. The molecule has 1 N–H and O–H groups in total. The summed E-state index contributed by atoms with van der Waals surface area (Å²) in [5.41, 5.74) is 0.527. The van der Waals surface area contributed by atoms with Gasteiger partial charge in [-0.3, -0.25) is 4.79 Å². The van der Waals surface area contributed by atoms with E-state index in [0.717, 1.165) is 30.0 Å². The zero-order valence-corrected chi connectivity index (χ0v) is 13.0. The van der Waals surface area contributed by atoms with Gasteiger partial charge >= 0.3 is 5.97 Å². The molecule has 0 saturated heterocycles. The number of carboxylic acids is 1. The van der Waals surface area contributed by atoms with Gasteiger partial charge in [0.2, 0.25) is 0 Å². The highest BCUT2D eigenvalue weighted by atomic mass is 32.1. The maximum Gasteiger partial charge on any atom is 0.310 e. The number of hydrogen-bond donors (Lipinski definition) is 1. The number of aliphatic carboxylic acids is 1. The van der Waals surface area contributed by atoms with Crippen molar-refractivity contribution in [2.45, 2.75) is 58.8 Å². The second-order valence-corrected chi connectivity index (χ2v) is 7.93. The van der Waals surface area contributed by atoms with Crippen molar-refractivity contribution >= 4 is 17.3 Å². The number of carboxylic acid groups (broad SMARTS) is 1. The highest BCUT2D eigenvalue weighted by Crippen LogP contribution is 2.45. The first kappa shape index (κ1) is 14.5. The molecule has 0 aromatic carbocycles. The van der Waals surface area contributed by atoms with Crippen LogP contribution >= 0.6 is 11.3 Å². The van der Waals surface area contributed by atoms with Crippen molar-refractivity contribution in [1.29, 1.82) is 0 Å². The molecule has 0 bridgehead atoms. The molecule has 1 heterocycles. The van der Waals surface area contributed by atoms with E-state index >= 15 is 0 Å². The summed E-state index contributed by atoms with van der Waals surface area (Å²) >= 11 is 1.61. The molecule has 2 rings (SSSR count). The molecule has 4 heteroatoms. The molecule has 2 unspecified atom stereocenters. The topological polar surface area (TPSA) is 50.2 Å². The Balaban J connectivity index is 2.19. The Morgan fingerprint density at radius 3 is 2.68 bits per heavy atom. The van der Waals surface area contributed by atoms with Crippen molar-refractivity contribution in [3.63, 3.8) is 0 Å². The molecule has 0 spiro atoms. The van der Waals surface area contributed by atoms with Crippen molar-refractivity contribution in [2.24, 2.45) is 11.3 Å². The van der Waals surface area contributed by atoms with Gasteiger partial charge in [0.05, 0.1) is 16.1 Å². The fourth-order valence-corrected chi connectivity index (χ4v) is 4.01.